The van der Waals surface area contributed by atoms with Gasteiger partial charge in [0.1, 0.15) is 5.82 Å². The summed E-state index contributed by atoms with van der Waals surface area (Å²) in [5.74, 6) is 1.97. The van der Waals surface area contributed by atoms with Crippen LogP contribution < -0.4 is 15.1 Å². The van der Waals surface area contributed by atoms with Gasteiger partial charge in [0, 0.05) is 38.3 Å². The quantitative estimate of drug-likeness (QED) is 0.910. The first kappa shape index (κ1) is 16.8. The third-order valence-electron chi connectivity index (χ3n) is 5.17. The maximum atomic E-state index is 12.2. The Morgan fingerprint density at radius 2 is 1.65 bits per heavy atom. The summed E-state index contributed by atoms with van der Waals surface area (Å²) in [6.07, 6.45) is 9.52. The summed E-state index contributed by atoms with van der Waals surface area (Å²) < 4.78 is 0. The molecule has 136 valence electrons. The van der Waals surface area contributed by atoms with Crippen LogP contribution in [-0.4, -0.2) is 47.0 Å². The van der Waals surface area contributed by atoms with Gasteiger partial charge in [0.2, 0.25) is 11.9 Å². The lowest BCUT2D eigenvalue weighted by atomic mass is 10.1. The lowest BCUT2D eigenvalue weighted by Gasteiger charge is -2.35. The van der Waals surface area contributed by atoms with Gasteiger partial charge in [0.25, 0.3) is 0 Å². The van der Waals surface area contributed by atoms with E-state index >= 15 is 0 Å². The molecule has 2 fully saturated rings. The van der Waals surface area contributed by atoms with Crippen LogP contribution in [0.25, 0.3) is 0 Å². The molecule has 0 aromatic carbocycles. The maximum absolute atomic E-state index is 12.2. The summed E-state index contributed by atoms with van der Waals surface area (Å²) in [5.41, 5.74) is 0.678. The van der Waals surface area contributed by atoms with Gasteiger partial charge < -0.3 is 15.1 Å². The molecule has 26 heavy (non-hydrogen) atoms. The van der Waals surface area contributed by atoms with Crippen LogP contribution in [0.3, 0.4) is 0 Å². The smallest absolute Gasteiger partial charge is 0.227 e. The molecule has 0 unspecified atom stereocenters. The molecule has 2 aromatic rings. The van der Waals surface area contributed by atoms with Gasteiger partial charge in [0.05, 0.1) is 18.1 Å². The molecule has 2 aromatic heterocycles. The van der Waals surface area contributed by atoms with Gasteiger partial charge in [-0.3, -0.25) is 4.79 Å². The number of aromatic nitrogens is 3. The summed E-state index contributed by atoms with van der Waals surface area (Å²) >= 11 is 0. The van der Waals surface area contributed by atoms with Crippen molar-refractivity contribution in [3.63, 3.8) is 0 Å². The average molecular weight is 352 g/mol. The molecule has 7 nitrogen and oxygen atoms in total. The minimum absolute atomic E-state index is 0.0998. The highest BCUT2D eigenvalue weighted by Crippen LogP contribution is 2.26. The molecule has 1 aliphatic carbocycles. The molecule has 1 saturated carbocycles. The molecule has 1 N–H and O–H groups in total. The predicted octanol–water partition coefficient (Wildman–Crippen LogP) is 2.33. The zero-order valence-corrected chi connectivity index (χ0v) is 14.8. The highest BCUT2D eigenvalue weighted by molar-refractivity contribution is 5.92. The largest absolute Gasteiger partial charge is 0.353 e. The Balaban J connectivity index is 1.32. The Morgan fingerprint density at radius 1 is 0.962 bits per heavy atom. The van der Waals surface area contributed by atoms with Gasteiger partial charge in [-0.15, -0.1) is 0 Å². The molecule has 0 radical (unpaired) electrons. The number of nitrogens with zero attached hydrogens (tertiary/aromatic N) is 5. The van der Waals surface area contributed by atoms with Crippen LogP contribution >= 0.6 is 0 Å². The van der Waals surface area contributed by atoms with Crippen LogP contribution in [-0.2, 0) is 4.79 Å². The van der Waals surface area contributed by atoms with Crippen molar-refractivity contribution in [2.75, 3.05) is 41.3 Å². The Kier molecular flexibility index (Phi) is 4.95. The van der Waals surface area contributed by atoms with E-state index in [4.69, 9.17) is 0 Å². The molecule has 0 bridgehead atoms. The number of rotatable bonds is 4. The van der Waals surface area contributed by atoms with Gasteiger partial charge in [-0.2, -0.15) is 0 Å². The minimum atomic E-state index is 0.0998. The van der Waals surface area contributed by atoms with Crippen molar-refractivity contribution < 1.29 is 4.79 Å². The number of carbonyl (C=O) groups excluding carboxylic acids is 1. The van der Waals surface area contributed by atoms with Crippen LogP contribution in [0.1, 0.15) is 25.7 Å². The number of anilines is 3. The maximum Gasteiger partial charge on any atom is 0.227 e. The number of piperazine rings is 1. The van der Waals surface area contributed by atoms with E-state index in [9.17, 15) is 4.79 Å². The monoisotopic (exact) mass is 352 g/mol. The van der Waals surface area contributed by atoms with Crippen LogP contribution in [0.15, 0.2) is 36.8 Å². The van der Waals surface area contributed by atoms with Gasteiger partial charge in [-0.25, -0.2) is 15.0 Å². The van der Waals surface area contributed by atoms with E-state index in [1.165, 1.54) is 0 Å². The number of hydrogen-bond donors (Lipinski definition) is 1. The molecule has 4 rings (SSSR count). The van der Waals surface area contributed by atoms with E-state index in [0.717, 1.165) is 57.7 Å². The fraction of sp³-hybridized carbons (Fsp3) is 0.474. The molecule has 0 atom stereocenters. The zero-order chi connectivity index (χ0) is 17.8. The first-order valence-electron chi connectivity index (χ1n) is 9.33. The van der Waals surface area contributed by atoms with E-state index in [1.807, 2.05) is 24.4 Å². The number of carbonyl (C=O) groups is 1. The van der Waals surface area contributed by atoms with E-state index in [2.05, 4.69) is 30.1 Å². The molecule has 1 amide bonds. The van der Waals surface area contributed by atoms with Crippen LogP contribution in [0.4, 0.5) is 17.5 Å². The van der Waals surface area contributed by atoms with Gasteiger partial charge in [0.15, 0.2) is 0 Å². The first-order valence-corrected chi connectivity index (χ1v) is 9.33. The van der Waals surface area contributed by atoms with Gasteiger partial charge >= 0.3 is 0 Å². The van der Waals surface area contributed by atoms with E-state index in [1.54, 1.807) is 12.4 Å². The Morgan fingerprint density at radius 3 is 2.31 bits per heavy atom. The highest BCUT2D eigenvalue weighted by atomic mass is 16.1. The van der Waals surface area contributed by atoms with Crippen molar-refractivity contribution in [2.45, 2.75) is 25.7 Å². The highest BCUT2D eigenvalue weighted by Gasteiger charge is 2.23. The molecule has 2 aliphatic rings. The van der Waals surface area contributed by atoms with E-state index in [-0.39, 0.29) is 11.8 Å². The van der Waals surface area contributed by atoms with Crippen LogP contribution in [0.5, 0.6) is 0 Å². The Labute approximate surface area is 153 Å². The van der Waals surface area contributed by atoms with Crippen LogP contribution in [0, 0.1) is 5.92 Å². The first-order chi connectivity index (χ1) is 12.8. The van der Waals surface area contributed by atoms with Crippen molar-refractivity contribution in [1.82, 2.24) is 15.0 Å². The molecular formula is C19H24N6O. The fourth-order valence-corrected chi connectivity index (χ4v) is 3.66. The SMILES string of the molecule is O=C(Nc1cnc(N2CCN(c3ccccn3)CC2)nc1)C1CCCC1. The molecular weight excluding hydrogens is 328 g/mol. The zero-order valence-electron chi connectivity index (χ0n) is 14.8. The summed E-state index contributed by atoms with van der Waals surface area (Å²) in [7, 11) is 0. The second-order valence-electron chi connectivity index (χ2n) is 6.90. The molecule has 1 saturated heterocycles. The average Bonchev–Trinajstić information content (AvgIpc) is 3.25. The van der Waals surface area contributed by atoms with Crippen molar-refractivity contribution in [1.29, 1.82) is 0 Å². The predicted molar refractivity (Wildman–Crippen MR) is 101 cm³/mol. The molecule has 1 aliphatic heterocycles. The third kappa shape index (κ3) is 3.76. The van der Waals surface area contributed by atoms with Gasteiger partial charge in [-0.1, -0.05) is 18.9 Å². The number of hydrogen-bond acceptors (Lipinski definition) is 6. The normalized spacial score (nSPS) is 18.2. The van der Waals surface area contributed by atoms with Crippen molar-refractivity contribution in [3.05, 3.63) is 36.8 Å². The summed E-state index contributed by atoms with van der Waals surface area (Å²) in [6.45, 7) is 3.48. The standard InChI is InChI=1S/C19H24N6O/c26-18(15-5-1-2-6-15)23-16-13-21-19(22-14-16)25-11-9-24(10-12-25)17-7-3-4-8-20-17/h3-4,7-8,13-15H,1-2,5-6,9-12H2,(H,23,26). The van der Waals surface area contributed by atoms with Crippen molar-refractivity contribution in [2.24, 2.45) is 5.92 Å². The number of pyridine rings is 1. The second-order valence-corrected chi connectivity index (χ2v) is 6.90. The summed E-state index contributed by atoms with van der Waals surface area (Å²) in [5, 5.41) is 2.94. The molecule has 0 spiro atoms. The summed E-state index contributed by atoms with van der Waals surface area (Å²) in [6, 6.07) is 5.98. The van der Waals surface area contributed by atoms with Gasteiger partial charge in [-0.05, 0) is 25.0 Å². The summed E-state index contributed by atoms with van der Waals surface area (Å²) in [4.78, 5) is 29.9. The Hall–Kier alpha value is -2.70. The number of amides is 1. The van der Waals surface area contributed by atoms with Crippen molar-refractivity contribution in [3.8, 4) is 0 Å². The van der Waals surface area contributed by atoms with Crippen LogP contribution in [0.2, 0.25) is 0 Å². The minimum Gasteiger partial charge on any atom is -0.353 e. The second kappa shape index (κ2) is 7.68. The molecule has 3 heterocycles. The Bertz CT molecular complexity index is 721. The topological polar surface area (TPSA) is 74.2 Å². The fourth-order valence-electron chi connectivity index (χ4n) is 3.66. The lowest BCUT2D eigenvalue weighted by Crippen LogP contribution is -2.47. The van der Waals surface area contributed by atoms with E-state index in [0.29, 0.717) is 11.6 Å². The number of nitrogens with one attached hydrogen (secondary N) is 1. The lowest BCUT2D eigenvalue weighted by molar-refractivity contribution is -0.119. The van der Waals surface area contributed by atoms with E-state index < -0.39 is 0 Å². The molecule has 7 heteroatoms. The van der Waals surface area contributed by atoms with Crippen molar-refractivity contribution >= 4 is 23.4 Å². The third-order valence-corrected chi connectivity index (χ3v) is 5.17.